The van der Waals surface area contributed by atoms with E-state index in [4.69, 9.17) is 5.73 Å². The van der Waals surface area contributed by atoms with Crippen LogP contribution in [0.25, 0.3) is 0 Å². The highest BCUT2D eigenvalue weighted by molar-refractivity contribution is 7.89. The largest absolute Gasteiger partial charge is 0.573 e. The van der Waals surface area contributed by atoms with E-state index in [1.54, 1.807) is 6.92 Å². The molecule has 1 aromatic rings. The number of halogens is 3. The number of hydrogen-bond acceptors (Lipinski definition) is 4. The van der Waals surface area contributed by atoms with Crippen molar-refractivity contribution in [1.29, 1.82) is 0 Å². The van der Waals surface area contributed by atoms with Crippen LogP contribution in [-0.2, 0) is 10.0 Å². The summed E-state index contributed by atoms with van der Waals surface area (Å²) < 4.78 is 66.9. The Kier molecular flexibility index (Phi) is 4.69. The standard InChI is InChI=1S/C13H17F3N2O3S/c1-9-7-10(17)5-6-18(9)22(19,20)12-4-2-3-11(8-12)21-13(14,15)16/h2-4,8-10H,5-7,17H2,1H3/t9-,10-/m1/s1. The van der Waals surface area contributed by atoms with Gasteiger partial charge in [-0.3, -0.25) is 0 Å². The summed E-state index contributed by atoms with van der Waals surface area (Å²) >= 11 is 0. The minimum Gasteiger partial charge on any atom is -0.406 e. The number of alkyl halides is 3. The second-order valence-electron chi connectivity index (χ2n) is 5.27. The summed E-state index contributed by atoms with van der Waals surface area (Å²) in [5.74, 6) is -0.560. The minimum atomic E-state index is -4.87. The second kappa shape index (κ2) is 6.05. The van der Waals surface area contributed by atoms with Gasteiger partial charge < -0.3 is 10.5 Å². The Morgan fingerprint density at radius 3 is 2.64 bits per heavy atom. The van der Waals surface area contributed by atoms with Crippen LogP contribution in [0.5, 0.6) is 5.75 Å². The van der Waals surface area contributed by atoms with Crippen molar-refractivity contribution >= 4 is 10.0 Å². The zero-order chi connectivity index (χ0) is 16.5. The van der Waals surface area contributed by atoms with Gasteiger partial charge in [-0.2, -0.15) is 4.31 Å². The van der Waals surface area contributed by atoms with Crippen LogP contribution in [0.3, 0.4) is 0 Å². The second-order valence-corrected chi connectivity index (χ2v) is 7.16. The molecule has 1 aromatic carbocycles. The molecular weight excluding hydrogens is 321 g/mol. The van der Waals surface area contributed by atoms with Crippen LogP contribution in [0.15, 0.2) is 29.2 Å². The number of nitrogens with two attached hydrogens (primary N) is 1. The summed E-state index contributed by atoms with van der Waals surface area (Å²) in [7, 11) is -3.88. The van der Waals surface area contributed by atoms with Gasteiger partial charge in [0, 0.05) is 24.7 Å². The van der Waals surface area contributed by atoms with Gasteiger partial charge in [-0.1, -0.05) is 6.07 Å². The lowest BCUT2D eigenvalue weighted by atomic mass is 10.0. The van der Waals surface area contributed by atoms with Crippen molar-refractivity contribution in [2.75, 3.05) is 6.54 Å². The SMILES string of the molecule is C[C@@H]1C[C@H](N)CCN1S(=O)(=O)c1cccc(OC(F)(F)F)c1. The molecule has 0 aromatic heterocycles. The molecule has 0 spiro atoms. The molecule has 0 bridgehead atoms. The lowest BCUT2D eigenvalue weighted by Crippen LogP contribution is -2.48. The number of piperidine rings is 1. The van der Waals surface area contributed by atoms with Crippen molar-refractivity contribution in [3.63, 3.8) is 0 Å². The highest BCUT2D eigenvalue weighted by Gasteiger charge is 2.35. The van der Waals surface area contributed by atoms with Crippen molar-refractivity contribution in [3.05, 3.63) is 24.3 Å². The normalized spacial score (nSPS) is 24.2. The summed E-state index contributed by atoms with van der Waals surface area (Å²) in [6.07, 6.45) is -3.84. The number of rotatable bonds is 3. The number of benzene rings is 1. The molecule has 0 aliphatic carbocycles. The molecule has 0 saturated carbocycles. The van der Waals surface area contributed by atoms with Crippen molar-refractivity contribution in [3.8, 4) is 5.75 Å². The van der Waals surface area contributed by atoms with E-state index < -0.39 is 22.1 Å². The Morgan fingerprint density at radius 2 is 2.05 bits per heavy atom. The fourth-order valence-electron chi connectivity index (χ4n) is 2.51. The zero-order valence-corrected chi connectivity index (χ0v) is 12.7. The van der Waals surface area contributed by atoms with Gasteiger partial charge in [-0.25, -0.2) is 8.42 Å². The topological polar surface area (TPSA) is 72.6 Å². The Balaban J connectivity index is 2.28. The molecule has 124 valence electrons. The van der Waals surface area contributed by atoms with E-state index in [0.29, 0.717) is 12.8 Å². The van der Waals surface area contributed by atoms with Gasteiger partial charge in [0.2, 0.25) is 10.0 Å². The number of ether oxygens (including phenoxy) is 1. The highest BCUT2D eigenvalue weighted by atomic mass is 32.2. The van der Waals surface area contributed by atoms with Gasteiger partial charge in [0.05, 0.1) is 4.90 Å². The van der Waals surface area contributed by atoms with Gasteiger partial charge in [-0.05, 0) is 31.9 Å². The summed E-state index contributed by atoms with van der Waals surface area (Å²) in [5.41, 5.74) is 5.80. The molecule has 0 unspecified atom stereocenters. The first kappa shape index (κ1) is 17.0. The van der Waals surface area contributed by atoms with E-state index >= 15 is 0 Å². The molecule has 2 atom stereocenters. The van der Waals surface area contributed by atoms with Crippen molar-refractivity contribution in [2.45, 2.75) is 43.1 Å². The number of sulfonamides is 1. The summed E-state index contributed by atoms with van der Waals surface area (Å²) in [5, 5.41) is 0. The first-order chi connectivity index (χ1) is 10.1. The summed E-state index contributed by atoms with van der Waals surface area (Å²) in [4.78, 5) is -0.225. The Bertz CT molecular complexity index is 634. The number of nitrogens with zero attached hydrogens (tertiary/aromatic N) is 1. The first-order valence-corrected chi connectivity index (χ1v) is 8.17. The molecule has 1 fully saturated rings. The van der Waals surface area contributed by atoms with Gasteiger partial charge in [0.1, 0.15) is 5.75 Å². The van der Waals surface area contributed by atoms with Gasteiger partial charge in [0.25, 0.3) is 0 Å². The zero-order valence-electron chi connectivity index (χ0n) is 11.9. The fourth-order valence-corrected chi connectivity index (χ4v) is 4.20. The molecule has 1 saturated heterocycles. The van der Waals surface area contributed by atoms with E-state index in [1.165, 1.54) is 16.4 Å². The van der Waals surface area contributed by atoms with Crippen LogP contribution in [0.1, 0.15) is 19.8 Å². The van der Waals surface area contributed by atoms with Gasteiger partial charge in [-0.15, -0.1) is 13.2 Å². The summed E-state index contributed by atoms with van der Waals surface area (Å²) in [6, 6.07) is 4.03. The molecule has 2 rings (SSSR count). The average molecular weight is 338 g/mol. The monoisotopic (exact) mass is 338 g/mol. The van der Waals surface area contributed by atoms with Crippen LogP contribution in [0.2, 0.25) is 0 Å². The Morgan fingerprint density at radius 1 is 1.36 bits per heavy atom. The van der Waals surface area contributed by atoms with Crippen molar-refractivity contribution in [1.82, 2.24) is 4.31 Å². The van der Waals surface area contributed by atoms with E-state index in [-0.39, 0.29) is 23.5 Å². The molecule has 1 heterocycles. The molecule has 22 heavy (non-hydrogen) atoms. The molecule has 1 aliphatic rings. The molecule has 5 nitrogen and oxygen atoms in total. The smallest absolute Gasteiger partial charge is 0.406 e. The van der Waals surface area contributed by atoms with E-state index in [9.17, 15) is 21.6 Å². The lowest BCUT2D eigenvalue weighted by molar-refractivity contribution is -0.274. The maximum atomic E-state index is 12.6. The predicted octanol–water partition coefficient (Wildman–Crippen LogP) is 2.09. The predicted molar refractivity (Wildman–Crippen MR) is 73.7 cm³/mol. The van der Waals surface area contributed by atoms with Crippen LogP contribution in [0.4, 0.5) is 13.2 Å². The highest BCUT2D eigenvalue weighted by Crippen LogP contribution is 2.29. The van der Waals surface area contributed by atoms with Crippen LogP contribution < -0.4 is 10.5 Å². The third kappa shape index (κ3) is 3.90. The van der Waals surface area contributed by atoms with Crippen molar-refractivity contribution < 1.29 is 26.3 Å². The Labute approximate surface area is 126 Å². The lowest BCUT2D eigenvalue weighted by Gasteiger charge is -2.35. The van der Waals surface area contributed by atoms with E-state index in [1.807, 2.05) is 0 Å². The third-order valence-electron chi connectivity index (χ3n) is 3.50. The maximum Gasteiger partial charge on any atom is 0.573 e. The molecule has 2 N–H and O–H groups in total. The van der Waals surface area contributed by atoms with Gasteiger partial charge in [0.15, 0.2) is 0 Å². The fraction of sp³-hybridized carbons (Fsp3) is 0.538. The third-order valence-corrected chi connectivity index (χ3v) is 5.51. The molecule has 0 radical (unpaired) electrons. The van der Waals surface area contributed by atoms with E-state index in [2.05, 4.69) is 4.74 Å². The van der Waals surface area contributed by atoms with Crippen LogP contribution >= 0.6 is 0 Å². The molecule has 0 amide bonds. The quantitative estimate of drug-likeness (QED) is 0.916. The van der Waals surface area contributed by atoms with Crippen LogP contribution in [-0.4, -0.2) is 37.7 Å². The average Bonchev–Trinajstić information content (AvgIpc) is 2.36. The molecule has 9 heteroatoms. The number of hydrogen-bond donors (Lipinski definition) is 1. The Hall–Kier alpha value is -1.32. The van der Waals surface area contributed by atoms with Crippen molar-refractivity contribution in [2.24, 2.45) is 5.73 Å². The van der Waals surface area contributed by atoms with Crippen LogP contribution in [0, 0.1) is 0 Å². The first-order valence-electron chi connectivity index (χ1n) is 6.73. The molecule has 1 aliphatic heterocycles. The minimum absolute atomic E-state index is 0.0682. The maximum absolute atomic E-state index is 12.6. The van der Waals surface area contributed by atoms with Gasteiger partial charge >= 0.3 is 6.36 Å². The summed E-state index contributed by atoms with van der Waals surface area (Å²) in [6.45, 7) is 1.97. The molecular formula is C13H17F3N2O3S. The van der Waals surface area contributed by atoms with E-state index in [0.717, 1.165) is 12.1 Å².